The summed E-state index contributed by atoms with van der Waals surface area (Å²) in [5.74, 6) is 0.731. The molecule has 3 N–H and O–H groups in total. The Kier molecular flexibility index (Phi) is 4.57. The first kappa shape index (κ1) is 14.0. The van der Waals surface area contributed by atoms with Gasteiger partial charge in [0, 0.05) is 19.3 Å². The van der Waals surface area contributed by atoms with E-state index in [-0.39, 0.29) is 6.54 Å². The van der Waals surface area contributed by atoms with Crippen LogP contribution in [-0.2, 0) is 12.6 Å². The number of aliphatic hydroxyl groups is 1. The van der Waals surface area contributed by atoms with E-state index in [1.165, 1.54) is 0 Å². The number of hydrogen-bond donors (Lipinski definition) is 2. The van der Waals surface area contributed by atoms with Crippen molar-refractivity contribution >= 4 is 11.8 Å². The fourth-order valence-electron chi connectivity index (χ4n) is 1.83. The van der Waals surface area contributed by atoms with E-state index in [9.17, 15) is 5.11 Å². The second kappa shape index (κ2) is 6.18. The molecule has 6 heteroatoms. The summed E-state index contributed by atoms with van der Waals surface area (Å²) in [7, 11) is 1.90. The normalized spacial score (nSPS) is 14.3. The third-order valence-electron chi connectivity index (χ3n) is 3.07. The minimum absolute atomic E-state index is 0.205. The number of rotatable bonds is 6. The zero-order valence-electron chi connectivity index (χ0n) is 10.9. The Labute approximate surface area is 116 Å². The van der Waals surface area contributed by atoms with Crippen LogP contribution >= 0.6 is 11.8 Å². The van der Waals surface area contributed by atoms with Gasteiger partial charge in [-0.1, -0.05) is 42.1 Å². The molecule has 1 heterocycles. The van der Waals surface area contributed by atoms with Crippen LogP contribution in [0.4, 0.5) is 0 Å². The van der Waals surface area contributed by atoms with Gasteiger partial charge in [0.2, 0.25) is 0 Å². The topological polar surface area (TPSA) is 77.0 Å². The van der Waals surface area contributed by atoms with E-state index < -0.39 is 5.60 Å². The van der Waals surface area contributed by atoms with E-state index in [2.05, 4.69) is 10.2 Å². The Bertz CT molecular complexity index is 516. The summed E-state index contributed by atoms with van der Waals surface area (Å²) in [5, 5.41) is 19.3. The Balaban J connectivity index is 1.98. The summed E-state index contributed by atoms with van der Waals surface area (Å²) >= 11 is 1.56. The van der Waals surface area contributed by atoms with E-state index >= 15 is 0 Å². The predicted molar refractivity (Wildman–Crippen MR) is 75.7 cm³/mol. The van der Waals surface area contributed by atoms with Crippen LogP contribution in [0.2, 0.25) is 0 Å². The molecule has 1 aromatic heterocycles. The van der Waals surface area contributed by atoms with Gasteiger partial charge in [-0.25, -0.2) is 0 Å². The highest BCUT2D eigenvalue weighted by Gasteiger charge is 2.27. The van der Waals surface area contributed by atoms with Gasteiger partial charge in [-0.15, -0.1) is 10.2 Å². The molecule has 5 nitrogen and oxygen atoms in total. The fraction of sp³-hybridized carbons (Fsp3) is 0.385. The maximum absolute atomic E-state index is 10.6. The molecule has 0 radical (unpaired) electrons. The van der Waals surface area contributed by atoms with Crippen LogP contribution in [0.3, 0.4) is 0 Å². The number of aryl methyl sites for hydroxylation is 1. The molecular weight excluding hydrogens is 260 g/mol. The molecule has 2 rings (SSSR count). The quantitative estimate of drug-likeness (QED) is 0.775. The molecule has 0 aliphatic rings. The van der Waals surface area contributed by atoms with Crippen molar-refractivity contribution in [3.8, 4) is 0 Å². The summed E-state index contributed by atoms with van der Waals surface area (Å²) in [6.45, 7) is 0.205. The maximum atomic E-state index is 10.6. The van der Waals surface area contributed by atoms with Crippen molar-refractivity contribution in [2.24, 2.45) is 12.8 Å². The maximum Gasteiger partial charge on any atom is 0.190 e. The van der Waals surface area contributed by atoms with Crippen LogP contribution < -0.4 is 5.73 Å². The number of hydrogen-bond acceptors (Lipinski definition) is 5. The van der Waals surface area contributed by atoms with Crippen molar-refractivity contribution in [3.63, 3.8) is 0 Å². The lowest BCUT2D eigenvalue weighted by Gasteiger charge is -2.26. The zero-order valence-corrected chi connectivity index (χ0v) is 11.7. The third-order valence-corrected chi connectivity index (χ3v) is 4.10. The molecule has 0 saturated carbocycles. The van der Waals surface area contributed by atoms with Gasteiger partial charge in [-0.05, 0) is 12.0 Å². The highest BCUT2D eigenvalue weighted by Crippen LogP contribution is 2.27. The predicted octanol–water partition coefficient (Wildman–Crippen LogP) is 1.14. The summed E-state index contributed by atoms with van der Waals surface area (Å²) in [6, 6.07) is 9.55. The Morgan fingerprint density at radius 2 is 2.11 bits per heavy atom. The van der Waals surface area contributed by atoms with Crippen molar-refractivity contribution in [3.05, 3.63) is 42.2 Å². The first-order chi connectivity index (χ1) is 9.15. The standard InChI is InChI=1S/C13H18N4OS/c1-17-10-15-16-12(17)19-8-7-13(18,9-14)11-5-3-2-4-6-11/h2-6,10,18H,7-9,14H2,1H3. The van der Waals surface area contributed by atoms with Gasteiger partial charge >= 0.3 is 0 Å². The second-order valence-corrected chi connectivity index (χ2v) is 5.49. The van der Waals surface area contributed by atoms with E-state index in [0.29, 0.717) is 6.42 Å². The number of nitrogens with two attached hydrogens (primary N) is 1. The first-order valence-corrected chi connectivity index (χ1v) is 7.09. The zero-order chi connectivity index (χ0) is 13.7. The molecule has 2 aromatic rings. The first-order valence-electron chi connectivity index (χ1n) is 6.10. The van der Waals surface area contributed by atoms with Crippen LogP contribution in [0, 0.1) is 0 Å². The molecular formula is C13H18N4OS. The third kappa shape index (κ3) is 3.34. The molecule has 0 fully saturated rings. The number of aromatic nitrogens is 3. The largest absolute Gasteiger partial charge is 0.384 e. The molecule has 1 atom stereocenters. The molecule has 0 amide bonds. The summed E-state index contributed by atoms with van der Waals surface area (Å²) in [6.07, 6.45) is 2.24. The molecule has 19 heavy (non-hydrogen) atoms. The molecule has 102 valence electrons. The highest BCUT2D eigenvalue weighted by molar-refractivity contribution is 7.99. The molecule has 0 bridgehead atoms. The molecule has 0 saturated heterocycles. The van der Waals surface area contributed by atoms with E-state index in [4.69, 9.17) is 5.73 Å². The second-order valence-electron chi connectivity index (χ2n) is 4.42. The minimum atomic E-state index is -0.979. The smallest absolute Gasteiger partial charge is 0.190 e. The fourth-order valence-corrected chi connectivity index (χ4v) is 2.81. The van der Waals surface area contributed by atoms with E-state index in [0.717, 1.165) is 16.5 Å². The van der Waals surface area contributed by atoms with E-state index in [1.54, 1.807) is 18.1 Å². The molecule has 1 unspecified atom stereocenters. The van der Waals surface area contributed by atoms with Crippen molar-refractivity contribution in [2.75, 3.05) is 12.3 Å². The van der Waals surface area contributed by atoms with Crippen molar-refractivity contribution in [1.82, 2.24) is 14.8 Å². The van der Waals surface area contributed by atoms with E-state index in [1.807, 2.05) is 41.9 Å². The summed E-state index contributed by atoms with van der Waals surface area (Å²) in [4.78, 5) is 0. The lowest BCUT2D eigenvalue weighted by atomic mass is 9.91. The van der Waals surface area contributed by atoms with Crippen molar-refractivity contribution in [1.29, 1.82) is 0 Å². The van der Waals surface area contributed by atoms with Crippen LogP contribution in [-0.4, -0.2) is 32.2 Å². The van der Waals surface area contributed by atoms with Gasteiger partial charge in [0.05, 0.1) is 0 Å². The highest BCUT2D eigenvalue weighted by atomic mass is 32.2. The number of thioether (sulfide) groups is 1. The summed E-state index contributed by atoms with van der Waals surface area (Å²) < 4.78 is 1.86. The summed E-state index contributed by atoms with van der Waals surface area (Å²) in [5.41, 5.74) is 5.61. The number of benzene rings is 1. The Hall–Kier alpha value is -1.37. The number of nitrogens with zero attached hydrogens (tertiary/aromatic N) is 3. The Morgan fingerprint density at radius 1 is 1.37 bits per heavy atom. The average Bonchev–Trinajstić information content (AvgIpc) is 2.85. The van der Waals surface area contributed by atoms with Gasteiger partial charge in [0.25, 0.3) is 0 Å². The molecule has 0 aliphatic carbocycles. The molecule has 1 aromatic carbocycles. The lowest BCUT2D eigenvalue weighted by Crippen LogP contribution is -2.35. The van der Waals surface area contributed by atoms with Crippen LogP contribution in [0.5, 0.6) is 0 Å². The van der Waals surface area contributed by atoms with Crippen LogP contribution in [0.1, 0.15) is 12.0 Å². The Morgan fingerprint density at radius 3 is 2.68 bits per heavy atom. The average molecular weight is 278 g/mol. The van der Waals surface area contributed by atoms with Gasteiger partial charge in [-0.3, -0.25) is 0 Å². The minimum Gasteiger partial charge on any atom is -0.384 e. The van der Waals surface area contributed by atoms with Crippen LogP contribution in [0.25, 0.3) is 0 Å². The van der Waals surface area contributed by atoms with Gasteiger partial charge in [-0.2, -0.15) is 0 Å². The lowest BCUT2D eigenvalue weighted by molar-refractivity contribution is 0.0431. The van der Waals surface area contributed by atoms with Gasteiger partial charge < -0.3 is 15.4 Å². The van der Waals surface area contributed by atoms with Crippen molar-refractivity contribution < 1.29 is 5.11 Å². The van der Waals surface area contributed by atoms with Gasteiger partial charge in [0.15, 0.2) is 5.16 Å². The monoisotopic (exact) mass is 278 g/mol. The SMILES string of the molecule is Cn1cnnc1SCCC(O)(CN)c1ccccc1. The van der Waals surface area contributed by atoms with Gasteiger partial charge in [0.1, 0.15) is 11.9 Å². The van der Waals surface area contributed by atoms with Crippen LogP contribution in [0.15, 0.2) is 41.8 Å². The van der Waals surface area contributed by atoms with Crippen molar-refractivity contribution in [2.45, 2.75) is 17.2 Å². The molecule has 0 aliphatic heterocycles. The molecule has 0 spiro atoms.